The van der Waals surface area contributed by atoms with Gasteiger partial charge >= 0.3 is 12.0 Å². The van der Waals surface area contributed by atoms with Crippen LogP contribution in [0.5, 0.6) is 0 Å². The first kappa shape index (κ1) is 22.7. The van der Waals surface area contributed by atoms with Crippen LogP contribution >= 0.6 is 0 Å². The monoisotopic (exact) mass is 459 g/mol. The van der Waals surface area contributed by atoms with Crippen LogP contribution in [0.15, 0.2) is 42.5 Å². The number of cyclic esters (lactones) is 1. The van der Waals surface area contributed by atoms with Gasteiger partial charge in [-0.25, -0.2) is 22.8 Å². The number of urea groups is 1. The van der Waals surface area contributed by atoms with E-state index in [1.165, 1.54) is 37.5 Å². The number of halogens is 3. The molecule has 1 saturated carbocycles. The Bertz CT molecular complexity index is 1140. The van der Waals surface area contributed by atoms with Crippen LogP contribution in [-0.2, 0) is 9.53 Å². The topological polar surface area (TPSA) is 83.2 Å². The molecule has 0 radical (unpaired) electrons. The molecule has 3 aromatic rings. The summed E-state index contributed by atoms with van der Waals surface area (Å²) in [5.41, 5.74) is 1.58. The Morgan fingerprint density at radius 2 is 1.79 bits per heavy atom. The lowest BCUT2D eigenvalue weighted by atomic mass is 9.85. The zero-order valence-electron chi connectivity index (χ0n) is 17.8. The van der Waals surface area contributed by atoms with E-state index in [9.17, 15) is 22.8 Å². The third kappa shape index (κ3) is 5.66. The Morgan fingerprint density at radius 1 is 1.03 bits per heavy atom. The first-order valence-corrected chi connectivity index (χ1v) is 10.8. The van der Waals surface area contributed by atoms with Crippen molar-refractivity contribution in [1.29, 1.82) is 0 Å². The summed E-state index contributed by atoms with van der Waals surface area (Å²) in [7, 11) is 0. The van der Waals surface area contributed by atoms with Gasteiger partial charge in [0, 0.05) is 30.1 Å². The van der Waals surface area contributed by atoms with E-state index in [1.807, 2.05) is 0 Å². The van der Waals surface area contributed by atoms with Gasteiger partial charge in [0.1, 0.15) is 23.5 Å². The van der Waals surface area contributed by atoms with E-state index >= 15 is 0 Å². The second kappa shape index (κ2) is 9.97. The van der Waals surface area contributed by atoms with Crippen LogP contribution in [0, 0.1) is 23.4 Å². The molecule has 5 rings (SSSR count). The molecule has 1 aliphatic carbocycles. The molecule has 2 aromatic carbocycles. The summed E-state index contributed by atoms with van der Waals surface area (Å²) < 4.78 is 44.1. The van der Waals surface area contributed by atoms with Crippen molar-refractivity contribution in [3.05, 3.63) is 59.9 Å². The highest BCUT2D eigenvalue weighted by atomic mass is 19.1. The Hall–Kier alpha value is -3.49. The highest BCUT2D eigenvalue weighted by molar-refractivity contribution is 5.86. The fourth-order valence-electron chi connectivity index (χ4n) is 3.72. The first-order chi connectivity index (χ1) is 15.9. The zero-order valence-corrected chi connectivity index (χ0v) is 17.8. The van der Waals surface area contributed by atoms with E-state index in [1.54, 1.807) is 18.2 Å². The molecule has 174 valence electrons. The highest BCUT2D eigenvalue weighted by Crippen LogP contribution is 2.27. The van der Waals surface area contributed by atoms with Gasteiger partial charge in [0.15, 0.2) is 0 Å². The summed E-state index contributed by atoms with van der Waals surface area (Å²) >= 11 is 0. The largest absolute Gasteiger partial charge is 0.464 e. The van der Waals surface area contributed by atoms with Crippen LogP contribution in [0.2, 0.25) is 0 Å². The maximum Gasteiger partial charge on any atom is 0.328 e. The summed E-state index contributed by atoms with van der Waals surface area (Å²) in [6.45, 7) is 1.13. The van der Waals surface area contributed by atoms with E-state index in [4.69, 9.17) is 4.74 Å². The van der Waals surface area contributed by atoms with Gasteiger partial charge in [-0.05, 0) is 60.7 Å². The maximum atomic E-state index is 13.5. The van der Waals surface area contributed by atoms with Crippen molar-refractivity contribution in [2.75, 3.05) is 13.2 Å². The molecule has 0 bridgehead atoms. The number of H-pyrrole nitrogens is 1. The molecular weight excluding hydrogens is 435 g/mol. The number of hydrogen-bond donors (Lipinski definition) is 3. The summed E-state index contributed by atoms with van der Waals surface area (Å²) in [5, 5.41) is 5.83. The summed E-state index contributed by atoms with van der Waals surface area (Å²) in [5.74, 6) is -1.30. The van der Waals surface area contributed by atoms with Crippen molar-refractivity contribution in [2.45, 2.75) is 31.7 Å². The minimum atomic E-state index is -0.640. The van der Waals surface area contributed by atoms with E-state index in [-0.39, 0.29) is 23.3 Å². The van der Waals surface area contributed by atoms with E-state index in [0.717, 1.165) is 6.07 Å². The van der Waals surface area contributed by atoms with Crippen LogP contribution in [0.1, 0.15) is 25.7 Å². The second-order valence-corrected chi connectivity index (χ2v) is 8.20. The summed E-state index contributed by atoms with van der Waals surface area (Å²) in [4.78, 5) is 25.3. The number of fused-ring (bicyclic) bond motifs is 1. The molecule has 33 heavy (non-hydrogen) atoms. The van der Waals surface area contributed by atoms with Crippen LogP contribution < -0.4 is 10.6 Å². The molecule has 1 atom stereocenters. The minimum Gasteiger partial charge on any atom is -0.464 e. The molecular formula is C24H24F3N3O3. The molecule has 1 aromatic heterocycles. The molecule has 1 aliphatic heterocycles. The van der Waals surface area contributed by atoms with E-state index < -0.39 is 17.7 Å². The quantitative estimate of drug-likeness (QED) is 0.497. The fourth-order valence-corrected chi connectivity index (χ4v) is 3.72. The van der Waals surface area contributed by atoms with Crippen molar-refractivity contribution in [3.8, 4) is 11.3 Å². The average molecular weight is 459 g/mol. The smallest absolute Gasteiger partial charge is 0.328 e. The van der Waals surface area contributed by atoms with Gasteiger partial charge in [-0.1, -0.05) is 6.42 Å². The molecule has 1 unspecified atom stereocenters. The van der Waals surface area contributed by atoms with E-state index in [0.29, 0.717) is 42.1 Å². The number of esters is 1. The number of benzene rings is 2. The molecule has 6 nitrogen and oxygen atoms in total. The molecule has 2 fully saturated rings. The average Bonchev–Trinajstić information content (AvgIpc) is 3.34. The van der Waals surface area contributed by atoms with E-state index in [2.05, 4.69) is 15.6 Å². The van der Waals surface area contributed by atoms with Gasteiger partial charge in [0.25, 0.3) is 0 Å². The second-order valence-electron chi connectivity index (χ2n) is 8.20. The Labute approximate surface area is 188 Å². The molecule has 3 N–H and O–H groups in total. The third-order valence-electron chi connectivity index (χ3n) is 5.82. The molecule has 1 saturated heterocycles. The number of hydrogen-bond acceptors (Lipinski definition) is 3. The highest BCUT2D eigenvalue weighted by Gasteiger charge is 2.28. The Balaban J connectivity index is 0.000000160. The predicted octanol–water partition coefficient (Wildman–Crippen LogP) is 4.65. The lowest BCUT2D eigenvalue weighted by Crippen LogP contribution is -2.45. The lowest BCUT2D eigenvalue weighted by Gasteiger charge is -2.25. The number of aromatic amines is 1. The van der Waals surface area contributed by atoms with Gasteiger partial charge in [0.05, 0.1) is 12.1 Å². The number of rotatable bonds is 4. The molecule has 9 heteroatoms. The van der Waals surface area contributed by atoms with Crippen molar-refractivity contribution < 1.29 is 27.5 Å². The number of nitrogens with one attached hydrogen (secondary N) is 3. The van der Waals surface area contributed by atoms with Crippen molar-refractivity contribution >= 4 is 22.9 Å². The molecule has 2 aliphatic rings. The molecule has 2 heterocycles. The van der Waals surface area contributed by atoms with Crippen LogP contribution in [-0.4, -0.2) is 36.2 Å². The lowest BCUT2D eigenvalue weighted by molar-refractivity contribution is -0.139. The SMILES string of the molecule is Fc1ccc(-c2cc3cc(F)cc(F)c3[nH]2)cc1.O=C(NCC1CCC1)NC1CCOC1=O. The maximum absolute atomic E-state index is 13.5. The number of carbonyl (C=O) groups excluding carboxylic acids is 2. The number of aromatic nitrogens is 1. The van der Waals surface area contributed by atoms with Crippen LogP contribution in [0.4, 0.5) is 18.0 Å². The zero-order chi connectivity index (χ0) is 23.4. The minimum absolute atomic E-state index is 0.246. The third-order valence-corrected chi connectivity index (χ3v) is 5.82. The number of carbonyl (C=O) groups is 2. The number of ether oxygens (including phenoxy) is 1. The van der Waals surface area contributed by atoms with Gasteiger partial charge in [-0.2, -0.15) is 0 Å². The van der Waals surface area contributed by atoms with Crippen molar-refractivity contribution in [2.24, 2.45) is 5.92 Å². The summed E-state index contributed by atoms with van der Waals surface area (Å²) in [6.07, 6.45) is 4.25. The fraction of sp³-hybridized carbons (Fsp3) is 0.333. The predicted molar refractivity (Wildman–Crippen MR) is 117 cm³/mol. The normalized spacial score (nSPS) is 17.7. The van der Waals surface area contributed by atoms with Crippen molar-refractivity contribution in [1.82, 2.24) is 15.6 Å². The van der Waals surface area contributed by atoms with Gasteiger partial charge in [-0.3, -0.25) is 0 Å². The van der Waals surface area contributed by atoms with Crippen LogP contribution in [0.25, 0.3) is 22.2 Å². The summed E-state index contributed by atoms with van der Waals surface area (Å²) in [6, 6.07) is 8.79. The van der Waals surface area contributed by atoms with Gasteiger partial charge < -0.3 is 20.4 Å². The number of amides is 2. The standard InChI is InChI=1S/C14H8F3N.C10H16N2O3/c15-10-3-1-8(2-4-10)13-6-9-5-11(16)7-12(17)14(9)18-13;13-9-8(4-5-15-9)12-10(14)11-6-7-2-1-3-7/h1-7,18H;7-8H,1-6H2,(H2,11,12,14). The van der Waals surface area contributed by atoms with Gasteiger partial charge in [-0.15, -0.1) is 0 Å². The Morgan fingerprint density at radius 3 is 2.42 bits per heavy atom. The van der Waals surface area contributed by atoms with Gasteiger partial charge in [0.2, 0.25) is 0 Å². The molecule has 2 amide bonds. The Kier molecular flexibility index (Phi) is 6.86. The first-order valence-electron chi connectivity index (χ1n) is 10.8. The van der Waals surface area contributed by atoms with Crippen LogP contribution in [0.3, 0.4) is 0 Å². The molecule has 0 spiro atoms. The van der Waals surface area contributed by atoms with Crippen molar-refractivity contribution in [3.63, 3.8) is 0 Å².